The van der Waals surface area contributed by atoms with Gasteiger partial charge in [-0.2, -0.15) is 13.2 Å². The van der Waals surface area contributed by atoms with Crippen molar-refractivity contribution in [2.75, 3.05) is 18.5 Å². The first-order valence-corrected chi connectivity index (χ1v) is 11.9. The Balaban J connectivity index is 1.74. The molecule has 0 bridgehead atoms. The molecule has 1 heterocycles. The third-order valence-electron chi connectivity index (χ3n) is 6.73. The minimum atomic E-state index is -4.59. The van der Waals surface area contributed by atoms with Crippen molar-refractivity contribution in [3.63, 3.8) is 0 Å². The standard InChI is InChI=1S/C24H31F4N3O4/c1-3-35-22(33)20(15-8-6-4-5-7-9-15)21(32)29-18-11-10-16(12-17(18)25)14(2)31-13-19(24(26,27)28)30-23(31)34/h10-12,14-15,19-20H,3-9,13H2,1-2H3,(H,29,32)(H,30,34)/t14-,19+,20?/m1/s1. The van der Waals surface area contributed by atoms with Gasteiger partial charge in [-0.25, -0.2) is 9.18 Å². The molecular formula is C24H31F4N3O4. The Bertz CT molecular complexity index is 932. The Hall–Kier alpha value is -2.85. The smallest absolute Gasteiger partial charge is 0.410 e. The highest BCUT2D eigenvalue weighted by Crippen LogP contribution is 2.33. The number of anilines is 1. The number of halogens is 4. The maximum Gasteiger partial charge on any atom is 0.410 e. The van der Waals surface area contributed by atoms with Crippen LogP contribution in [0.15, 0.2) is 18.2 Å². The van der Waals surface area contributed by atoms with Crippen LogP contribution in [-0.2, 0) is 14.3 Å². The van der Waals surface area contributed by atoms with E-state index in [4.69, 9.17) is 4.74 Å². The SMILES string of the molecule is CCOC(=O)C(C(=O)Nc1ccc([C@@H](C)N2C[C@@H](C(F)(F)F)NC2=O)cc1F)C1CCCCCC1. The molecule has 194 valence electrons. The van der Waals surface area contributed by atoms with Gasteiger partial charge < -0.3 is 20.3 Å². The lowest BCUT2D eigenvalue weighted by molar-refractivity contribution is -0.153. The highest BCUT2D eigenvalue weighted by atomic mass is 19.4. The van der Waals surface area contributed by atoms with Gasteiger partial charge in [-0.3, -0.25) is 9.59 Å². The van der Waals surface area contributed by atoms with Crippen LogP contribution in [0.1, 0.15) is 64.0 Å². The van der Waals surface area contributed by atoms with Gasteiger partial charge in [0.1, 0.15) is 17.8 Å². The van der Waals surface area contributed by atoms with E-state index in [1.165, 1.54) is 19.1 Å². The lowest BCUT2D eigenvalue weighted by Crippen LogP contribution is -2.40. The molecule has 3 rings (SSSR count). The third kappa shape index (κ3) is 6.43. The number of urea groups is 1. The number of hydrogen-bond acceptors (Lipinski definition) is 4. The number of hydrogen-bond donors (Lipinski definition) is 2. The van der Waals surface area contributed by atoms with Gasteiger partial charge in [0.25, 0.3) is 0 Å². The number of carbonyl (C=O) groups excluding carboxylic acids is 3. The van der Waals surface area contributed by atoms with Crippen molar-refractivity contribution in [3.8, 4) is 0 Å². The number of nitrogens with one attached hydrogen (secondary N) is 2. The van der Waals surface area contributed by atoms with Crippen LogP contribution in [0.3, 0.4) is 0 Å². The van der Waals surface area contributed by atoms with E-state index in [1.807, 2.05) is 5.32 Å². The van der Waals surface area contributed by atoms with Crippen LogP contribution in [0, 0.1) is 17.7 Å². The second-order valence-corrected chi connectivity index (χ2v) is 9.08. The second kappa shape index (κ2) is 11.3. The lowest BCUT2D eigenvalue weighted by Gasteiger charge is -2.25. The molecule has 1 aromatic rings. The molecule has 3 atom stereocenters. The summed E-state index contributed by atoms with van der Waals surface area (Å²) in [6.45, 7) is 2.67. The molecule has 1 aliphatic carbocycles. The highest BCUT2D eigenvalue weighted by molar-refractivity contribution is 6.05. The monoisotopic (exact) mass is 501 g/mol. The first-order chi connectivity index (χ1) is 16.5. The van der Waals surface area contributed by atoms with Crippen LogP contribution in [0.4, 0.5) is 28.0 Å². The summed E-state index contributed by atoms with van der Waals surface area (Å²) >= 11 is 0. The maximum atomic E-state index is 14.9. The van der Waals surface area contributed by atoms with Crippen molar-refractivity contribution >= 4 is 23.6 Å². The predicted octanol–water partition coefficient (Wildman–Crippen LogP) is 4.93. The number of nitrogens with zero attached hydrogens (tertiary/aromatic N) is 1. The Labute approximate surface area is 201 Å². The Kier molecular flexibility index (Phi) is 8.60. The van der Waals surface area contributed by atoms with Crippen molar-refractivity contribution in [1.82, 2.24) is 10.2 Å². The number of esters is 1. The van der Waals surface area contributed by atoms with Crippen LogP contribution in [0.2, 0.25) is 0 Å². The van der Waals surface area contributed by atoms with Crippen molar-refractivity contribution in [2.24, 2.45) is 11.8 Å². The van der Waals surface area contributed by atoms with E-state index in [1.54, 1.807) is 6.92 Å². The summed E-state index contributed by atoms with van der Waals surface area (Å²) in [5.41, 5.74) is 0.108. The van der Waals surface area contributed by atoms with Crippen molar-refractivity contribution < 1.29 is 36.7 Å². The van der Waals surface area contributed by atoms with Gasteiger partial charge in [-0.05, 0) is 50.3 Å². The fourth-order valence-corrected chi connectivity index (χ4v) is 4.75. The molecule has 1 aliphatic heterocycles. The second-order valence-electron chi connectivity index (χ2n) is 9.08. The van der Waals surface area contributed by atoms with Crippen molar-refractivity contribution in [1.29, 1.82) is 0 Å². The Morgan fingerprint density at radius 1 is 1.20 bits per heavy atom. The quantitative estimate of drug-likeness (QED) is 0.240. The average Bonchev–Trinajstić information content (AvgIpc) is 3.00. The van der Waals surface area contributed by atoms with Crippen molar-refractivity contribution in [3.05, 3.63) is 29.6 Å². The maximum absolute atomic E-state index is 14.9. The zero-order chi connectivity index (χ0) is 25.8. The van der Waals surface area contributed by atoms with Gasteiger partial charge in [0, 0.05) is 0 Å². The molecule has 1 aromatic carbocycles. The number of carbonyl (C=O) groups is 3. The summed E-state index contributed by atoms with van der Waals surface area (Å²) in [6, 6.07) is 0.0638. The summed E-state index contributed by atoms with van der Waals surface area (Å²) in [7, 11) is 0. The van der Waals surface area contributed by atoms with E-state index in [9.17, 15) is 31.9 Å². The Morgan fingerprint density at radius 3 is 2.40 bits per heavy atom. The van der Waals surface area contributed by atoms with Crippen LogP contribution in [0.5, 0.6) is 0 Å². The molecule has 2 fully saturated rings. The third-order valence-corrected chi connectivity index (χ3v) is 6.73. The molecule has 11 heteroatoms. The summed E-state index contributed by atoms with van der Waals surface area (Å²) in [6.07, 6.45) is 0.666. The number of alkyl halides is 3. The molecule has 2 aliphatic rings. The number of rotatable bonds is 7. The van der Waals surface area contributed by atoms with Gasteiger partial charge in [-0.1, -0.05) is 31.7 Å². The fourth-order valence-electron chi connectivity index (χ4n) is 4.75. The molecule has 2 N–H and O–H groups in total. The fraction of sp³-hybridized carbons (Fsp3) is 0.625. The van der Waals surface area contributed by atoms with E-state index in [0.717, 1.165) is 36.6 Å². The normalized spacial score (nSPS) is 21.1. The van der Waals surface area contributed by atoms with E-state index >= 15 is 0 Å². The van der Waals surface area contributed by atoms with Crippen LogP contribution in [0.25, 0.3) is 0 Å². The lowest BCUT2D eigenvalue weighted by atomic mass is 9.85. The van der Waals surface area contributed by atoms with E-state index < -0.39 is 54.4 Å². The molecule has 0 spiro atoms. The summed E-state index contributed by atoms with van der Waals surface area (Å²) < 4.78 is 58.9. The van der Waals surface area contributed by atoms with Gasteiger partial charge in [0.05, 0.1) is 24.9 Å². The molecule has 0 aromatic heterocycles. The first kappa shape index (κ1) is 26.7. The van der Waals surface area contributed by atoms with Crippen LogP contribution >= 0.6 is 0 Å². The highest BCUT2D eigenvalue weighted by Gasteiger charge is 2.48. The zero-order valence-corrected chi connectivity index (χ0v) is 19.8. The van der Waals surface area contributed by atoms with E-state index in [0.29, 0.717) is 12.8 Å². The Morgan fingerprint density at radius 2 is 1.86 bits per heavy atom. The molecule has 35 heavy (non-hydrogen) atoms. The van der Waals surface area contributed by atoms with Gasteiger partial charge >= 0.3 is 18.2 Å². The molecule has 1 saturated heterocycles. The van der Waals surface area contributed by atoms with Gasteiger partial charge in [0.2, 0.25) is 5.91 Å². The molecule has 1 unspecified atom stereocenters. The van der Waals surface area contributed by atoms with Crippen LogP contribution in [-0.4, -0.2) is 48.2 Å². The van der Waals surface area contributed by atoms with E-state index in [-0.39, 0.29) is 23.8 Å². The summed E-state index contributed by atoms with van der Waals surface area (Å²) in [5.74, 6) is -3.37. The molecular weight excluding hydrogens is 470 g/mol. The first-order valence-electron chi connectivity index (χ1n) is 11.9. The minimum Gasteiger partial charge on any atom is -0.465 e. The van der Waals surface area contributed by atoms with Gasteiger partial charge in [0.15, 0.2) is 0 Å². The zero-order valence-electron chi connectivity index (χ0n) is 19.8. The largest absolute Gasteiger partial charge is 0.465 e. The summed E-state index contributed by atoms with van der Waals surface area (Å²) in [5, 5.41) is 4.37. The van der Waals surface area contributed by atoms with Gasteiger partial charge in [-0.15, -0.1) is 0 Å². The van der Waals surface area contributed by atoms with Crippen LogP contribution < -0.4 is 10.6 Å². The molecule has 0 radical (unpaired) electrons. The number of amides is 3. The van der Waals surface area contributed by atoms with Crippen molar-refractivity contribution in [2.45, 2.75) is 70.6 Å². The topological polar surface area (TPSA) is 87.7 Å². The number of benzene rings is 1. The number of ether oxygens (including phenoxy) is 1. The molecule has 7 nitrogen and oxygen atoms in total. The van der Waals surface area contributed by atoms with E-state index in [2.05, 4.69) is 5.32 Å². The average molecular weight is 502 g/mol. The summed E-state index contributed by atoms with van der Waals surface area (Å²) in [4.78, 5) is 38.6. The minimum absolute atomic E-state index is 0.121. The molecule has 3 amide bonds. The molecule has 1 saturated carbocycles. The predicted molar refractivity (Wildman–Crippen MR) is 120 cm³/mol.